The molecule has 2 aromatic rings. The van der Waals surface area contributed by atoms with E-state index in [0.29, 0.717) is 11.3 Å². The summed E-state index contributed by atoms with van der Waals surface area (Å²) in [5.74, 6) is 0. The molecular formula is C13H7IrN3O3. The monoisotopic (exact) mass is 446 g/mol. The van der Waals surface area contributed by atoms with Gasteiger partial charge in [0.25, 0.3) is 0 Å². The number of hydrogen-bond acceptors (Lipinski definition) is 5. The molecule has 0 aliphatic rings. The summed E-state index contributed by atoms with van der Waals surface area (Å²) in [5, 5.41) is 16.8. The fourth-order valence-corrected chi connectivity index (χ4v) is 1.24. The van der Waals surface area contributed by atoms with Crippen molar-refractivity contribution in [3.8, 4) is 11.3 Å². The van der Waals surface area contributed by atoms with E-state index in [9.17, 15) is 10.1 Å². The van der Waals surface area contributed by atoms with E-state index in [1.54, 1.807) is 18.3 Å². The fraction of sp³-hybridized carbons (Fsp3) is 0. The number of pyridine rings is 1. The van der Waals surface area contributed by atoms with Gasteiger partial charge in [-0.25, -0.2) is 0 Å². The number of rotatable bonds is 2. The topological polar surface area (TPSA) is 96.9 Å². The van der Waals surface area contributed by atoms with Crippen molar-refractivity contribution in [2.24, 2.45) is 0 Å². The van der Waals surface area contributed by atoms with E-state index in [1.165, 1.54) is 18.2 Å². The van der Waals surface area contributed by atoms with Gasteiger partial charge in [0.15, 0.2) is 5.69 Å². The maximum Gasteiger partial charge on any atom is 3.00 e. The van der Waals surface area contributed by atoms with Crippen molar-refractivity contribution >= 4 is 12.5 Å². The molecule has 0 bridgehead atoms. The van der Waals surface area contributed by atoms with Crippen molar-refractivity contribution in [3.05, 3.63) is 65.3 Å². The Bertz CT molecular complexity index is 547. The minimum Gasteiger partial charge on any atom is -0.573 e. The maximum atomic E-state index is 10.6. The second kappa shape index (κ2) is 11.7. The van der Waals surface area contributed by atoms with E-state index in [0.717, 1.165) is 0 Å². The first kappa shape index (κ1) is 19.9. The zero-order valence-corrected chi connectivity index (χ0v) is 12.3. The van der Waals surface area contributed by atoms with Gasteiger partial charge < -0.3 is 28.4 Å². The SMILES string of the molecule is O=[N+]([O-])c1cc[c-]c(-c2ccccn2)c1.[C-]#N.[C-]=O.[Ir+3]. The normalized spacial score (nSPS) is 7.70. The second-order valence-corrected chi connectivity index (χ2v) is 2.93. The summed E-state index contributed by atoms with van der Waals surface area (Å²) in [5.41, 5.74) is 1.36. The van der Waals surface area contributed by atoms with E-state index < -0.39 is 4.92 Å². The van der Waals surface area contributed by atoms with Crippen LogP contribution in [-0.4, -0.2) is 16.7 Å². The summed E-state index contributed by atoms with van der Waals surface area (Å²) >= 11 is 0. The molecule has 6 nitrogen and oxygen atoms in total. The van der Waals surface area contributed by atoms with Crippen molar-refractivity contribution < 1.29 is 29.8 Å². The van der Waals surface area contributed by atoms with Crippen LogP contribution >= 0.6 is 0 Å². The van der Waals surface area contributed by atoms with Crippen molar-refractivity contribution in [2.75, 3.05) is 0 Å². The Morgan fingerprint density at radius 3 is 2.40 bits per heavy atom. The molecule has 0 spiro atoms. The molecule has 101 valence electrons. The Balaban J connectivity index is 0. The van der Waals surface area contributed by atoms with Crippen LogP contribution in [0.25, 0.3) is 11.3 Å². The number of hydrogen-bond donors (Lipinski definition) is 0. The third kappa shape index (κ3) is 5.96. The molecule has 0 amide bonds. The van der Waals surface area contributed by atoms with Crippen LogP contribution in [-0.2, 0) is 24.9 Å². The summed E-state index contributed by atoms with van der Waals surface area (Å²) in [6.45, 7) is 9.25. The average Bonchev–Trinajstić information content (AvgIpc) is 2.52. The van der Waals surface area contributed by atoms with Gasteiger partial charge in [-0.2, -0.15) is 0 Å². The molecule has 1 aromatic heterocycles. The molecule has 0 unspecified atom stereocenters. The van der Waals surface area contributed by atoms with E-state index in [4.69, 9.17) is 16.6 Å². The Hall–Kier alpha value is -2.42. The number of nitro benzene ring substituents is 1. The fourth-order valence-electron chi connectivity index (χ4n) is 1.24. The van der Waals surface area contributed by atoms with Gasteiger partial charge in [-0.3, -0.25) is 10.1 Å². The quantitative estimate of drug-likeness (QED) is 0.401. The smallest absolute Gasteiger partial charge is 0.573 e. The molecule has 7 heteroatoms. The standard InChI is InChI=1S/C11H7N2O2.CN.CO.Ir/c14-13(15)10-5-3-4-9(8-10)11-6-1-2-7-12-11;2*1-2;/h1-3,5-8H;;;/q3*-1;+3. The van der Waals surface area contributed by atoms with E-state index in [1.807, 2.05) is 6.07 Å². The van der Waals surface area contributed by atoms with Gasteiger partial charge in [0.1, 0.15) is 0 Å². The van der Waals surface area contributed by atoms with Gasteiger partial charge in [0, 0.05) is 11.1 Å². The number of benzene rings is 1. The molecule has 1 radical (unpaired) electrons. The van der Waals surface area contributed by atoms with E-state index in [-0.39, 0.29) is 25.8 Å². The minimum absolute atomic E-state index is 0. The summed E-state index contributed by atoms with van der Waals surface area (Å²) < 4.78 is 0. The van der Waals surface area contributed by atoms with Crippen LogP contribution < -0.4 is 0 Å². The second-order valence-electron chi connectivity index (χ2n) is 2.93. The molecule has 20 heavy (non-hydrogen) atoms. The van der Waals surface area contributed by atoms with Crippen LogP contribution in [0.2, 0.25) is 0 Å². The summed E-state index contributed by atoms with van der Waals surface area (Å²) in [6.07, 6.45) is 1.64. The minimum atomic E-state index is -0.430. The van der Waals surface area contributed by atoms with Crippen LogP contribution in [0.3, 0.4) is 0 Å². The molecule has 0 atom stereocenters. The molecule has 0 aliphatic carbocycles. The van der Waals surface area contributed by atoms with Gasteiger partial charge in [0.05, 0.1) is 0 Å². The molecule has 0 saturated heterocycles. The first-order valence-electron chi connectivity index (χ1n) is 4.78. The molecule has 1 aromatic carbocycles. The molecular weight excluding hydrogens is 438 g/mol. The first-order valence-corrected chi connectivity index (χ1v) is 4.78. The molecule has 2 rings (SSSR count). The number of non-ortho nitro benzene ring substituents is 1. The Kier molecular flexibility index (Phi) is 11.6. The number of aromatic nitrogens is 1. The Morgan fingerprint density at radius 2 is 1.90 bits per heavy atom. The largest absolute Gasteiger partial charge is 3.00 e. The summed E-state index contributed by atoms with van der Waals surface area (Å²) in [7, 11) is 0. The van der Waals surface area contributed by atoms with Crippen LogP contribution in [0.1, 0.15) is 0 Å². The predicted octanol–water partition coefficient (Wildman–Crippen LogP) is 2.15. The van der Waals surface area contributed by atoms with Crippen LogP contribution in [0.15, 0.2) is 42.6 Å². The van der Waals surface area contributed by atoms with E-state index in [2.05, 4.69) is 17.8 Å². The molecule has 0 fully saturated rings. The van der Waals surface area contributed by atoms with Gasteiger partial charge in [-0.1, -0.05) is 24.3 Å². The Morgan fingerprint density at radius 1 is 1.25 bits per heavy atom. The van der Waals surface area contributed by atoms with Crippen molar-refractivity contribution in [1.82, 2.24) is 4.98 Å². The summed E-state index contributed by atoms with van der Waals surface area (Å²) in [6, 6.07) is 12.7. The van der Waals surface area contributed by atoms with Gasteiger partial charge >= 0.3 is 20.1 Å². The number of carbonyl (C=O) groups excluding carboxylic acids is 1. The van der Waals surface area contributed by atoms with Crippen molar-refractivity contribution in [3.63, 3.8) is 0 Å². The van der Waals surface area contributed by atoms with Crippen LogP contribution in [0.4, 0.5) is 5.69 Å². The third-order valence-electron chi connectivity index (χ3n) is 1.94. The zero-order chi connectivity index (χ0) is 14.7. The molecule has 0 N–H and O–H groups in total. The number of nitrogens with zero attached hydrogens (tertiary/aromatic N) is 3. The van der Waals surface area contributed by atoms with E-state index >= 15 is 0 Å². The third-order valence-corrected chi connectivity index (χ3v) is 1.94. The van der Waals surface area contributed by atoms with Gasteiger partial charge in [-0.15, -0.1) is 17.7 Å². The average molecular weight is 445 g/mol. The number of nitro groups is 1. The first-order chi connectivity index (χ1) is 9.27. The van der Waals surface area contributed by atoms with Crippen LogP contribution in [0, 0.1) is 28.0 Å². The molecule has 0 saturated carbocycles. The predicted molar refractivity (Wildman–Crippen MR) is 65.8 cm³/mol. The zero-order valence-electron chi connectivity index (χ0n) is 9.94. The van der Waals surface area contributed by atoms with Crippen molar-refractivity contribution in [2.45, 2.75) is 0 Å². The van der Waals surface area contributed by atoms with Gasteiger partial charge in [-0.05, 0) is 11.8 Å². The Labute approximate surface area is 129 Å². The maximum absolute atomic E-state index is 10.6. The van der Waals surface area contributed by atoms with Gasteiger partial charge in [0.2, 0.25) is 0 Å². The summed E-state index contributed by atoms with van der Waals surface area (Å²) in [4.78, 5) is 21.7. The van der Waals surface area contributed by atoms with Crippen LogP contribution in [0.5, 0.6) is 0 Å². The molecule has 0 aliphatic heterocycles. The molecule has 1 heterocycles. The van der Waals surface area contributed by atoms with Crippen molar-refractivity contribution in [1.29, 1.82) is 5.26 Å².